The van der Waals surface area contributed by atoms with Gasteiger partial charge in [-0.1, -0.05) is 24.3 Å². The minimum absolute atomic E-state index is 0.00109. The number of aliphatic imine (C=N–C) groups is 1. The molecule has 9 heteroatoms. The molecule has 0 saturated heterocycles. The van der Waals surface area contributed by atoms with E-state index in [-0.39, 0.29) is 35.5 Å². The van der Waals surface area contributed by atoms with Crippen LogP contribution >= 0.6 is 0 Å². The highest BCUT2D eigenvalue weighted by Gasteiger charge is 2.36. The predicted octanol–water partition coefficient (Wildman–Crippen LogP) is 2.93. The van der Waals surface area contributed by atoms with Crippen LogP contribution in [0.1, 0.15) is 42.5 Å². The van der Waals surface area contributed by atoms with E-state index < -0.39 is 10.0 Å². The van der Waals surface area contributed by atoms with Gasteiger partial charge in [-0.05, 0) is 73.9 Å². The average molecular weight is 468 g/mol. The van der Waals surface area contributed by atoms with Gasteiger partial charge < -0.3 is 11.1 Å². The number of carbonyl (C=O) groups is 1. The Morgan fingerprint density at radius 2 is 1.97 bits per heavy atom. The molecule has 2 aromatic rings. The van der Waals surface area contributed by atoms with Crippen LogP contribution in [0.15, 0.2) is 52.4 Å². The first-order chi connectivity index (χ1) is 15.8. The molecule has 1 aliphatic carbocycles. The molecule has 1 unspecified atom stereocenters. The van der Waals surface area contributed by atoms with Crippen LogP contribution in [0.3, 0.4) is 0 Å². The summed E-state index contributed by atoms with van der Waals surface area (Å²) in [4.78, 5) is 19.0. The zero-order valence-corrected chi connectivity index (χ0v) is 19.7. The summed E-state index contributed by atoms with van der Waals surface area (Å²) in [5.74, 6) is 0.568. The van der Waals surface area contributed by atoms with Crippen LogP contribution in [0.4, 0.5) is 10.5 Å². The van der Waals surface area contributed by atoms with Gasteiger partial charge in [0.25, 0.3) is 10.0 Å². The third-order valence-corrected chi connectivity index (χ3v) is 8.66. The summed E-state index contributed by atoms with van der Waals surface area (Å²) >= 11 is 0. The zero-order valence-electron chi connectivity index (χ0n) is 18.9. The molecule has 33 heavy (non-hydrogen) atoms. The molecule has 2 aliphatic heterocycles. The summed E-state index contributed by atoms with van der Waals surface area (Å²) < 4.78 is 28.0. The Kier molecular flexibility index (Phi) is 5.31. The lowest BCUT2D eigenvalue weighted by atomic mass is 10.0. The first-order valence-corrected chi connectivity index (χ1v) is 12.8. The summed E-state index contributed by atoms with van der Waals surface area (Å²) in [7, 11) is -3.86. The number of nitrogens with one attached hydrogen (secondary N) is 1. The second-order valence-electron chi connectivity index (χ2n) is 9.16. The third-order valence-electron chi connectivity index (χ3n) is 6.89. The molecule has 1 saturated carbocycles. The first-order valence-electron chi connectivity index (χ1n) is 11.4. The summed E-state index contributed by atoms with van der Waals surface area (Å²) in [5.41, 5.74) is 9.68. The maximum absolute atomic E-state index is 13.4. The Morgan fingerprint density at radius 3 is 2.70 bits per heavy atom. The van der Waals surface area contributed by atoms with Gasteiger partial charge in [0.15, 0.2) is 0 Å². The molecule has 0 bridgehead atoms. The number of aryl methyl sites for hydroxylation is 1. The number of hydrogen-bond donors (Lipinski definition) is 2. The molecule has 2 aromatic carbocycles. The van der Waals surface area contributed by atoms with Crippen molar-refractivity contribution >= 4 is 27.7 Å². The molecular weight excluding hydrogens is 438 g/mol. The highest BCUT2D eigenvalue weighted by atomic mass is 32.2. The number of urea groups is 1. The zero-order chi connectivity index (χ0) is 23.3. The Morgan fingerprint density at radius 1 is 1.21 bits per heavy atom. The number of benzene rings is 2. The van der Waals surface area contributed by atoms with Gasteiger partial charge in [0.2, 0.25) is 5.96 Å². The van der Waals surface area contributed by atoms with Gasteiger partial charge in [-0.15, -0.1) is 0 Å². The minimum atomic E-state index is -3.86. The van der Waals surface area contributed by atoms with E-state index >= 15 is 0 Å². The van der Waals surface area contributed by atoms with Gasteiger partial charge in [-0.2, -0.15) is 0 Å². The lowest BCUT2D eigenvalue weighted by molar-refractivity contribution is 0.242. The number of fused-ring (bicyclic) bond motifs is 1. The molecule has 3 aliphatic rings. The fourth-order valence-corrected chi connectivity index (χ4v) is 6.15. The fourth-order valence-electron chi connectivity index (χ4n) is 4.73. The van der Waals surface area contributed by atoms with Crippen molar-refractivity contribution in [2.75, 3.05) is 18.0 Å². The maximum Gasteiger partial charge on any atom is 0.322 e. The van der Waals surface area contributed by atoms with E-state index in [9.17, 15) is 13.2 Å². The van der Waals surface area contributed by atoms with Crippen molar-refractivity contribution in [3.05, 3.63) is 59.2 Å². The minimum Gasteiger partial charge on any atom is -0.369 e. The number of rotatable bonds is 5. The third kappa shape index (κ3) is 3.94. The molecule has 8 nitrogen and oxygen atoms in total. The standard InChI is InChI=1S/C24H29N5O3S/c1-15-5-3-4-6-20(15)21-14-29(23(25)27-21)33(31,32)19-9-10-22-18(13-19)11-12-28(22)24(30)26-16(2)17-7-8-17/h3-6,9-10,13,16-17,21H,7-8,11-12,14H2,1-2H3,(H2,25,27)(H,26,30)/t16?,21-/m1/s1. The van der Waals surface area contributed by atoms with E-state index in [1.54, 1.807) is 23.1 Å². The highest BCUT2D eigenvalue weighted by Crippen LogP contribution is 2.35. The number of guanidine groups is 1. The molecule has 2 heterocycles. The maximum atomic E-state index is 13.4. The van der Waals surface area contributed by atoms with Gasteiger partial charge in [0.1, 0.15) is 0 Å². The number of hydrogen-bond acceptors (Lipinski definition) is 5. The fraction of sp³-hybridized carbons (Fsp3) is 0.417. The summed E-state index contributed by atoms with van der Waals surface area (Å²) in [6.07, 6.45) is 2.93. The van der Waals surface area contributed by atoms with Crippen LogP contribution in [0, 0.1) is 12.8 Å². The molecule has 174 valence electrons. The van der Waals surface area contributed by atoms with Crippen molar-refractivity contribution in [1.29, 1.82) is 0 Å². The molecule has 0 aromatic heterocycles. The quantitative estimate of drug-likeness (QED) is 0.705. The van der Waals surface area contributed by atoms with E-state index in [4.69, 9.17) is 5.73 Å². The Labute approximate surface area is 194 Å². The molecule has 0 spiro atoms. The summed E-state index contributed by atoms with van der Waals surface area (Å²) in [6, 6.07) is 12.4. The van der Waals surface area contributed by atoms with Crippen molar-refractivity contribution in [2.45, 2.75) is 50.1 Å². The summed E-state index contributed by atoms with van der Waals surface area (Å²) in [6.45, 7) is 4.72. The molecular formula is C24H29N5O3S. The van der Waals surface area contributed by atoms with Crippen LogP contribution in [-0.2, 0) is 16.4 Å². The second-order valence-corrected chi connectivity index (χ2v) is 11.0. The van der Waals surface area contributed by atoms with Crippen molar-refractivity contribution in [3.8, 4) is 0 Å². The largest absolute Gasteiger partial charge is 0.369 e. The normalized spacial score (nSPS) is 21.0. The number of nitrogens with two attached hydrogens (primary N) is 1. The van der Waals surface area contributed by atoms with Crippen LogP contribution in [0.2, 0.25) is 0 Å². The molecule has 2 atom stereocenters. The van der Waals surface area contributed by atoms with Gasteiger partial charge in [-0.3, -0.25) is 4.90 Å². The van der Waals surface area contributed by atoms with Crippen molar-refractivity contribution in [3.63, 3.8) is 0 Å². The van der Waals surface area contributed by atoms with Crippen molar-refractivity contribution < 1.29 is 13.2 Å². The van der Waals surface area contributed by atoms with E-state index in [0.29, 0.717) is 18.9 Å². The van der Waals surface area contributed by atoms with Crippen LogP contribution in [-0.4, -0.2) is 43.8 Å². The van der Waals surface area contributed by atoms with Crippen LogP contribution in [0.5, 0.6) is 0 Å². The van der Waals surface area contributed by atoms with Crippen LogP contribution in [0.25, 0.3) is 0 Å². The van der Waals surface area contributed by atoms with E-state index in [2.05, 4.69) is 10.3 Å². The SMILES string of the molecule is Cc1ccccc1[C@H]1CN(S(=O)(=O)c2ccc3c(c2)CCN3C(=O)NC(C)C2CC2)C(N)=N1. The number of amides is 2. The number of nitrogens with zero attached hydrogens (tertiary/aromatic N) is 3. The molecule has 5 rings (SSSR count). The monoisotopic (exact) mass is 467 g/mol. The second kappa shape index (κ2) is 8.06. The summed E-state index contributed by atoms with van der Waals surface area (Å²) in [5, 5.41) is 3.07. The lowest BCUT2D eigenvalue weighted by Crippen LogP contribution is -2.44. The Balaban J connectivity index is 1.35. The van der Waals surface area contributed by atoms with Gasteiger partial charge in [0, 0.05) is 18.3 Å². The van der Waals surface area contributed by atoms with Crippen LogP contribution < -0.4 is 16.0 Å². The van der Waals surface area contributed by atoms with Crippen molar-refractivity contribution in [1.82, 2.24) is 9.62 Å². The van der Waals surface area contributed by atoms with E-state index in [1.807, 2.05) is 38.1 Å². The number of anilines is 1. The Bertz CT molecular complexity index is 1240. The van der Waals surface area contributed by atoms with Gasteiger partial charge in [0.05, 0.1) is 17.5 Å². The predicted molar refractivity (Wildman–Crippen MR) is 128 cm³/mol. The molecule has 3 N–H and O–H groups in total. The lowest BCUT2D eigenvalue weighted by Gasteiger charge is -2.22. The highest BCUT2D eigenvalue weighted by molar-refractivity contribution is 7.89. The van der Waals surface area contributed by atoms with Gasteiger partial charge in [-0.25, -0.2) is 22.5 Å². The first kappa shape index (κ1) is 21.8. The topological polar surface area (TPSA) is 108 Å². The molecule has 0 radical (unpaired) electrons. The average Bonchev–Trinajstić information content (AvgIpc) is 3.44. The van der Waals surface area contributed by atoms with Gasteiger partial charge >= 0.3 is 6.03 Å². The van der Waals surface area contributed by atoms with E-state index in [1.165, 1.54) is 4.31 Å². The Hall–Kier alpha value is -3.07. The molecule has 1 fully saturated rings. The number of sulfonamides is 1. The number of carbonyl (C=O) groups excluding carboxylic acids is 1. The smallest absolute Gasteiger partial charge is 0.322 e. The van der Waals surface area contributed by atoms with E-state index in [0.717, 1.165) is 35.2 Å². The van der Waals surface area contributed by atoms with Crippen molar-refractivity contribution in [2.24, 2.45) is 16.6 Å². The molecule has 2 amide bonds.